The van der Waals surface area contributed by atoms with E-state index in [0.29, 0.717) is 6.54 Å². The van der Waals surface area contributed by atoms with Crippen molar-refractivity contribution in [2.75, 3.05) is 18.7 Å². The summed E-state index contributed by atoms with van der Waals surface area (Å²) in [5, 5.41) is 4.14. The maximum atomic E-state index is 6.03. The van der Waals surface area contributed by atoms with Crippen molar-refractivity contribution in [2.24, 2.45) is 0 Å². The van der Waals surface area contributed by atoms with Crippen molar-refractivity contribution in [3.8, 4) is 5.75 Å². The van der Waals surface area contributed by atoms with E-state index in [0.717, 1.165) is 22.0 Å². The first-order chi connectivity index (χ1) is 9.24. The lowest BCUT2D eigenvalue weighted by Gasteiger charge is -2.13. The van der Waals surface area contributed by atoms with Crippen molar-refractivity contribution < 1.29 is 4.74 Å². The van der Waals surface area contributed by atoms with Crippen LogP contribution in [0.4, 0.5) is 5.69 Å². The lowest BCUT2D eigenvalue weighted by molar-refractivity contribution is 0.410. The van der Waals surface area contributed by atoms with Crippen LogP contribution < -0.4 is 10.1 Å². The number of nitrogens with one attached hydrogen (secondary N) is 1. The number of anilines is 1. The van der Waals surface area contributed by atoms with Gasteiger partial charge in [-0.1, -0.05) is 23.7 Å². The predicted molar refractivity (Wildman–Crippen MR) is 83.6 cm³/mol. The van der Waals surface area contributed by atoms with Crippen LogP contribution in [0.3, 0.4) is 0 Å². The molecule has 0 fully saturated rings. The highest BCUT2D eigenvalue weighted by atomic mass is 35.5. The summed E-state index contributed by atoms with van der Waals surface area (Å²) in [5.41, 5.74) is 2.17. The van der Waals surface area contributed by atoms with Crippen LogP contribution in [-0.4, -0.2) is 13.4 Å². The number of ether oxygens (including phenoxy) is 1. The fourth-order valence-corrected chi connectivity index (χ4v) is 2.64. The number of halogens is 1. The minimum atomic E-state index is 0.682. The largest absolute Gasteiger partial charge is 0.496 e. The van der Waals surface area contributed by atoms with Crippen molar-refractivity contribution in [1.29, 1.82) is 0 Å². The second-order valence-electron chi connectivity index (χ2n) is 4.01. The van der Waals surface area contributed by atoms with Gasteiger partial charge in [0.25, 0.3) is 0 Å². The number of hydrogen-bond donors (Lipinski definition) is 1. The third-order valence-electron chi connectivity index (χ3n) is 2.82. The van der Waals surface area contributed by atoms with E-state index >= 15 is 0 Å². The van der Waals surface area contributed by atoms with Crippen molar-refractivity contribution in [3.05, 3.63) is 53.1 Å². The fourth-order valence-electron chi connectivity index (χ4n) is 1.87. The minimum Gasteiger partial charge on any atom is -0.496 e. The normalized spacial score (nSPS) is 10.3. The first-order valence-corrected chi connectivity index (χ1v) is 7.54. The highest BCUT2D eigenvalue weighted by molar-refractivity contribution is 7.98. The van der Waals surface area contributed by atoms with E-state index in [-0.39, 0.29) is 0 Å². The SMILES string of the molecule is COc1ccc(Cl)cc1CNc1ccccc1SC. The molecule has 2 aromatic carbocycles. The lowest BCUT2D eigenvalue weighted by Crippen LogP contribution is -2.02. The summed E-state index contributed by atoms with van der Waals surface area (Å²) in [7, 11) is 1.67. The Balaban J connectivity index is 2.16. The van der Waals surface area contributed by atoms with Crippen molar-refractivity contribution in [3.63, 3.8) is 0 Å². The van der Waals surface area contributed by atoms with Gasteiger partial charge < -0.3 is 10.1 Å². The van der Waals surface area contributed by atoms with Crippen LogP contribution >= 0.6 is 23.4 Å². The van der Waals surface area contributed by atoms with Gasteiger partial charge in [-0.05, 0) is 36.6 Å². The van der Waals surface area contributed by atoms with E-state index in [1.807, 2.05) is 30.3 Å². The fraction of sp³-hybridized carbons (Fsp3) is 0.200. The Morgan fingerprint density at radius 3 is 2.74 bits per heavy atom. The van der Waals surface area contributed by atoms with E-state index in [2.05, 4.69) is 23.7 Å². The summed E-state index contributed by atoms with van der Waals surface area (Å²) in [5.74, 6) is 0.846. The van der Waals surface area contributed by atoms with Crippen LogP contribution in [0.25, 0.3) is 0 Å². The Kier molecular flexibility index (Phi) is 5.00. The Bertz CT molecular complexity index is 560. The van der Waals surface area contributed by atoms with Crippen LogP contribution in [-0.2, 0) is 6.54 Å². The number of methoxy groups -OCH3 is 1. The predicted octanol–water partition coefficient (Wildman–Crippen LogP) is 4.68. The second kappa shape index (κ2) is 6.73. The second-order valence-corrected chi connectivity index (χ2v) is 5.29. The number of thioether (sulfide) groups is 1. The van der Waals surface area contributed by atoms with Crippen molar-refractivity contribution >= 4 is 29.1 Å². The van der Waals surface area contributed by atoms with E-state index in [4.69, 9.17) is 16.3 Å². The molecule has 0 saturated heterocycles. The molecular weight excluding hydrogens is 278 g/mol. The zero-order chi connectivity index (χ0) is 13.7. The van der Waals surface area contributed by atoms with Gasteiger partial charge >= 0.3 is 0 Å². The Hall–Kier alpha value is -1.32. The summed E-state index contributed by atoms with van der Waals surface area (Å²) in [6.45, 7) is 0.682. The highest BCUT2D eigenvalue weighted by Crippen LogP contribution is 2.27. The molecule has 0 spiro atoms. The topological polar surface area (TPSA) is 21.3 Å². The molecule has 0 saturated carbocycles. The van der Waals surface area contributed by atoms with Gasteiger partial charge in [0.2, 0.25) is 0 Å². The van der Waals surface area contributed by atoms with E-state index in [1.165, 1.54) is 4.90 Å². The van der Waals surface area contributed by atoms with Gasteiger partial charge in [0.1, 0.15) is 5.75 Å². The molecule has 100 valence electrons. The Morgan fingerprint density at radius 1 is 1.21 bits per heavy atom. The van der Waals surface area contributed by atoms with Gasteiger partial charge in [-0.15, -0.1) is 11.8 Å². The molecule has 1 N–H and O–H groups in total. The first-order valence-electron chi connectivity index (χ1n) is 5.94. The molecule has 0 aliphatic rings. The summed E-state index contributed by atoms with van der Waals surface area (Å²) in [4.78, 5) is 1.23. The summed E-state index contributed by atoms with van der Waals surface area (Å²) < 4.78 is 5.34. The number of rotatable bonds is 5. The molecular formula is C15H16ClNOS. The van der Waals surface area contributed by atoms with E-state index in [1.54, 1.807) is 18.9 Å². The van der Waals surface area contributed by atoms with Gasteiger partial charge in [-0.2, -0.15) is 0 Å². The molecule has 4 heteroatoms. The van der Waals surface area contributed by atoms with Crippen LogP contribution in [0.15, 0.2) is 47.4 Å². The molecule has 0 bridgehead atoms. The molecule has 0 aliphatic heterocycles. The highest BCUT2D eigenvalue weighted by Gasteiger charge is 2.05. The zero-order valence-corrected chi connectivity index (χ0v) is 12.5. The van der Waals surface area contributed by atoms with Crippen LogP contribution in [0.1, 0.15) is 5.56 Å². The average molecular weight is 294 g/mol. The van der Waals surface area contributed by atoms with Crippen molar-refractivity contribution in [2.45, 2.75) is 11.4 Å². The van der Waals surface area contributed by atoms with Gasteiger partial charge in [0.05, 0.1) is 7.11 Å². The van der Waals surface area contributed by atoms with E-state index < -0.39 is 0 Å². The molecule has 2 rings (SSSR count). The number of para-hydroxylation sites is 1. The molecule has 0 unspecified atom stereocenters. The summed E-state index contributed by atoms with van der Waals surface area (Å²) >= 11 is 7.75. The third kappa shape index (κ3) is 3.58. The molecule has 0 radical (unpaired) electrons. The van der Waals surface area contributed by atoms with E-state index in [9.17, 15) is 0 Å². The maximum absolute atomic E-state index is 6.03. The average Bonchev–Trinajstić information content (AvgIpc) is 2.45. The molecule has 0 aliphatic carbocycles. The monoisotopic (exact) mass is 293 g/mol. The molecule has 0 aromatic heterocycles. The summed E-state index contributed by atoms with van der Waals surface area (Å²) in [6, 6.07) is 13.9. The third-order valence-corrected chi connectivity index (χ3v) is 3.85. The maximum Gasteiger partial charge on any atom is 0.123 e. The molecule has 19 heavy (non-hydrogen) atoms. The van der Waals surface area contributed by atoms with Crippen LogP contribution in [0, 0.1) is 0 Å². The van der Waals surface area contributed by atoms with Crippen LogP contribution in [0.5, 0.6) is 5.75 Å². The molecule has 2 nitrogen and oxygen atoms in total. The quantitative estimate of drug-likeness (QED) is 0.809. The standard InChI is InChI=1S/C15H16ClNOS/c1-18-14-8-7-12(16)9-11(14)10-17-13-5-3-4-6-15(13)19-2/h3-9,17H,10H2,1-2H3. The molecule has 0 amide bonds. The number of hydrogen-bond acceptors (Lipinski definition) is 3. The first kappa shape index (κ1) is 14.1. The lowest BCUT2D eigenvalue weighted by atomic mass is 10.2. The Morgan fingerprint density at radius 2 is 2.00 bits per heavy atom. The molecule has 0 atom stereocenters. The van der Waals surface area contributed by atoms with Gasteiger partial charge in [-0.25, -0.2) is 0 Å². The van der Waals surface area contributed by atoms with Gasteiger partial charge in [0, 0.05) is 27.7 Å². The van der Waals surface area contributed by atoms with Crippen molar-refractivity contribution in [1.82, 2.24) is 0 Å². The molecule has 2 aromatic rings. The smallest absolute Gasteiger partial charge is 0.123 e. The van der Waals surface area contributed by atoms with Crippen LogP contribution in [0.2, 0.25) is 5.02 Å². The Labute approximate surface area is 123 Å². The number of benzene rings is 2. The summed E-state index contributed by atoms with van der Waals surface area (Å²) in [6.07, 6.45) is 2.07. The minimum absolute atomic E-state index is 0.682. The zero-order valence-electron chi connectivity index (χ0n) is 10.9. The molecule has 0 heterocycles. The van der Waals surface area contributed by atoms with Gasteiger partial charge in [0.15, 0.2) is 0 Å². The van der Waals surface area contributed by atoms with Gasteiger partial charge in [-0.3, -0.25) is 0 Å².